The van der Waals surface area contributed by atoms with Gasteiger partial charge >= 0.3 is 6.18 Å². The zero-order valence-electron chi connectivity index (χ0n) is 12.4. The van der Waals surface area contributed by atoms with Crippen LogP contribution >= 0.6 is 11.6 Å². The molecule has 0 saturated carbocycles. The van der Waals surface area contributed by atoms with E-state index in [1.807, 2.05) is 6.92 Å². The van der Waals surface area contributed by atoms with Gasteiger partial charge in [0.05, 0.1) is 22.4 Å². The van der Waals surface area contributed by atoms with E-state index >= 15 is 0 Å². The molecule has 0 unspecified atom stereocenters. The molecule has 0 radical (unpaired) electrons. The van der Waals surface area contributed by atoms with Crippen molar-refractivity contribution in [2.45, 2.75) is 13.1 Å². The molecule has 0 aliphatic heterocycles. The summed E-state index contributed by atoms with van der Waals surface area (Å²) in [6.45, 7) is 1.85. The summed E-state index contributed by atoms with van der Waals surface area (Å²) in [5, 5.41) is 12.9. The second-order valence-electron chi connectivity index (χ2n) is 4.92. The third-order valence-corrected chi connectivity index (χ3v) is 3.45. The molecule has 2 rings (SSSR count). The van der Waals surface area contributed by atoms with Gasteiger partial charge < -0.3 is 5.11 Å². The Balaban J connectivity index is 2.24. The van der Waals surface area contributed by atoms with Crippen LogP contribution in [0.2, 0.25) is 5.02 Å². The second kappa shape index (κ2) is 6.92. The molecule has 4 nitrogen and oxygen atoms in total. The number of carbonyl (C=O) groups is 1. The first-order valence-electron chi connectivity index (χ1n) is 6.69. The standard InChI is InChI=1S/C16H12ClF3N2O2/c1-9-2-4-10(5-3-9)15(24)22-21-8-11-12(16(18,19)20)6-7-13(17)14(11)23/h2-8,23H,1H3,(H,22,24). The minimum Gasteiger partial charge on any atom is -0.506 e. The van der Waals surface area contributed by atoms with Crippen molar-refractivity contribution in [1.82, 2.24) is 5.43 Å². The van der Waals surface area contributed by atoms with E-state index in [1.54, 1.807) is 24.3 Å². The Hall–Kier alpha value is -2.54. The minimum atomic E-state index is -4.70. The van der Waals surface area contributed by atoms with Gasteiger partial charge in [-0.25, -0.2) is 5.43 Å². The normalized spacial score (nSPS) is 11.7. The fourth-order valence-electron chi connectivity index (χ4n) is 1.88. The van der Waals surface area contributed by atoms with Gasteiger partial charge in [0.1, 0.15) is 5.75 Å². The van der Waals surface area contributed by atoms with Crippen molar-refractivity contribution in [3.8, 4) is 5.75 Å². The molecule has 0 fully saturated rings. The van der Waals surface area contributed by atoms with Gasteiger partial charge in [0.25, 0.3) is 5.91 Å². The van der Waals surface area contributed by atoms with Gasteiger partial charge in [-0.2, -0.15) is 18.3 Å². The SMILES string of the molecule is Cc1ccc(C(=O)NN=Cc2c(C(F)(F)F)ccc(Cl)c2O)cc1. The van der Waals surface area contributed by atoms with E-state index in [9.17, 15) is 23.1 Å². The second-order valence-corrected chi connectivity index (χ2v) is 5.33. The number of hydrazone groups is 1. The molecule has 8 heteroatoms. The predicted molar refractivity (Wildman–Crippen MR) is 84.4 cm³/mol. The van der Waals surface area contributed by atoms with Crippen LogP contribution in [0.15, 0.2) is 41.5 Å². The summed E-state index contributed by atoms with van der Waals surface area (Å²) in [5.74, 6) is -1.36. The number of rotatable bonds is 3. The molecule has 0 bridgehead atoms. The summed E-state index contributed by atoms with van der Waals surface area (Å²) >= 11 is 5.62. The number of carbonyl (C=O) groups excluding carboxylic acids is 1. The highest BCUT2D eigenvalue weighted by molar-refractivity contribution is 6.32. The Bertz CT molecular complexity index is 787. The molecule has 126 valence electrons. The number of hydrogen-bond acceptors (Lipinski definition) is 3. The van der Waals surface area contributed by atoms with Gasteiger partial charge in [0, 0.05) is 5.56 Å². The largest absolute Gasteiger partial charge is 0.506 e. The van der Waals surface area contributed by atoms with Crippen LogP contribution in [0, 0.1) is 6.92 Å². The number of amides is 1. The topological polar surface area (TPSA) is 61.7 Å². The molecule has 2 aromatic rings. The van der Waals surface area contributed by atoms with Crippen LogP contribution in [-0.2, 0) is 6.18 Å². The summed E-state index contributed by atoms with van der Waals surface area (Å²) < 4.78 is 38.8. The highest BCUT2D eigenvalue weighted by Gasteiger charge is 2.34. The molecule has 0 saturated heterocycles. The Morgan fingerprint density at radius 2 is 1.83 bits per heavy atom. The third-order valence-electron chi connectivity index (χ3n) is 3.15. The average molecular weight is 357 g/mol. The zero-order valence-corrected chi connectivity index (χ0v) is 13.1. The molecule has 0 aliphatic rings. The fourth-order valence-corrected chi connectivity index (χ4v) is 2.05. The summed E-state index contributed by atoms with van der Waals surface area (Å²) in [7, 11) is 0. The lowest BCUT2D eigenvalue weighted by molar-refractivity contribution is -0.137. The van der Waals surface area contributed by atoms with Crippen molar-refractivity contribution < 1.29 is 23.1 Å². The first kappa shape index (κ1) is 17.8. The fraction of sp³-hybridized carbons (Fsp3) is 0.125. The summed E-state index contributed by atoms with van der Waals surface area (Å²) in [4.78, 5) is 11.8. The molecular weight excluding hydrogens is 345 g/mol. The molecule has 2 N–H and O–H groups in total. The van der Waals surface area contributed by atoms with Gasteiger partial charge in [0.15, 0.2) is 0 Å². The number of alkyl halides is 3. The Morgan fingerprint density at radius 3 is 2.42 bits per heavy atom. The lowest BCUT2D eigenvalue weighted by Gasteiger charge is -2.12. The molecule has 24 heavy (non-hydrogen) atoms. The number of halogens is 4. The Labute approximate surface area is 140 Å². The van der Waals surface area contributed by atoms with Crippen molar-refractivity contribution in [3.05, 3.63) is 63.7 Å². The summed E-state index contributed by atoms with van der Waals surface area (Å²) in [5.41, 5.74) is 1.61. The van der Waals surface area contributed by atoms with Crippen molar-refractivity contribution >= 4 is 23.7 Å². The number of aromatic hydroxyl groups is 1. The molecule has 2 aromatic carbocycles. The lowest BCUT2D eigenvalue weighted by Crippen LogP contribution is -2.18. The molecular formula is C16H12ClF3N2O2. The molecule has 1 amide bonds. The van der Waals surface area contributed by atoms with Gasteiger partial charge in [-0.1, -0.05) is 29.3 Å². The van der Waals surface area contributed by atoms with Crippen LogP contribution in [-0.4, -0.2) is 17.2 Å². The van der Waals surface area contributed by atoms with Crippen molar-refractivity contribution in [1.29, 1.82) is 0 Å². The first-order valence-corrected chi connectivity index (χ1v) is 7.06. The summed E-state index contributed by atoms with van der Waals surface area (Å²) in [6, 6.07) is 8.19. The molecule has 0 heterocycles. The van der Waals surface area contributed by atoms with Crippen LogP contribution in [0.1, 0.15) is 27.0 Å². The van der Waals surface area contributed by atoms with Gasteiger partial charge in [-0.3, -0.25) is 4.79 Å². The molecule has 0 aliphatic carbocycles. The minimum absolute atomic E-state index is 0.255. The van der Waals surface area contributed by atoms with E-state index in [-0.39, 0.29) is 5.02 Å². The van der Waals surface area contributed by atoms with Crippen molar-refractivity contribution in [2.75, 3.05) is 0 Å². The number of benzene rings is 2. The van der Waals surface area contributed by atoms with E-state index in [2.05, 4.69) is 10.5 Å². The maximum Gasteiger partial charge on any atom is 0.417 e. The van der Waals surface area contributed by atoms with E-state index in [0.29, 0.717) is 11.8 Å². The number of nitrogens with one attached hydrogen (secondary N) is 1. The highest BCUT2D eigenvalue weighted by Crippen LogP contribution is 2.38. The van der Waals surface area contributed by atoms with Crippen LogP contribution < -0.4 is 5.43 Å². The van der Waals surface area contributed by atoms with E-state index in [0.717, 1.165) is 17.7 Å². The zero-order chi connectivity index (χ0) is 17.9. The van der Waals surface area contributed by atoms with Crippen molar-refractivity contribution in [3.63, 3.8) is 0 Å². The highest BCUT2D eigenvalue weighted by atomic mass is 35.5. The van der Waals surface area contributed by atoms with Crippen LogP contribution in [0.4, 0.5) is 13.2 Å². The molecule has 0 aromatic heterocycles. The quantitative estimate of drug-likeness (QED) is 0.641. The van der Waals surface area contributed by atoms with Crippen LogP contribution in [0.3, 0.4) is 0 Å². The monoisotopic (exact) mass is 356 g/mol. The third kappa shape index (κ3) is 4.05. The average Bonchev–Trinajstić information content (AvgIpc) is 2.50. The summed E-state index contributed by atoms with van der Waals surface area (Å²) in [6.07, 6.45) is -4.00. The van der Waals surface area contributed by atoms with E-state index in [1.165, 1.54) is 0 Å². The van der Waals surface area contributed by atoms with Crippen molar-refractivity contribution in [2.24, 2.45) is 5.10 Å². The van der Waals surface area contributed by atoms with E-state index in [4.69, 9.17) is 11.6 Å². The van der Waals surface area contributed by atoms with Gasteiger partial charge in [-0.05, 0) is 31.2 Å². The molecule has 0 atom stereocenters. The van der Waals surface area contributed by atoms with E-state index < -0.39 is 29.0 Å². The number of phenolic OH excluding ortho intramolecular Hbond substituents is 1. The van der Waals surface area contributed by atoms with Crippen LogP contribution in [0.25, 0.3) is 0 Å². The number of aryl methyl sites for hydroxylation is 1. The lowest BCUT2D eigenvalue weighted by atomic mass is 10.1. The predicted octanol–water partition coefficient (Wildman–Crippen LogP) is 4.14. The van der Waals surface area contributed by atoms with Gasteiger partial charge in [-0.15, -0.1) is 0 Å². The Kier molecular flexibility index (Phi) is 5.14. The number of hydrogen-bond donors (Lipinski definition) is 2. The van der Waals surface area contributed by atoms with Gasteiger partial charge in [0.2, 0.25) is 0 Å². The smallest absolute Gasteiger partial charge is 0.417 e. The Morgan fingerprint density at radius 1 is 1.21 bits per heavy atom. The maximum absolute atomic E-state index is 12.9. The first-order chi connectivity index (χ1) is 11.2. The maximum atomic E-state index is 12.9. The number of phenols is 1. The molecule has 0 spiro atoms. The number of nitrogens with zero attached hydrogens (tertiary/aromatic N) is 1. The van der Waals surface area contributed by atoms with Crippen LogP contribution in [0.5, 0.6) is 5.75 Å².